The predicted octanol–water partition coefficient (Wildman–Crippen LogP) is 2.54. The summed E-state index contributed by atoms with van der Waals surface area (Å²) in [5, 5.41) is 9.00. The Balaban J connectivity index is 1.57. The van der Waals surface area contributed by atoms with Gasteiger partial charge in [0.25, 0.3) is 0 Å². The third kappa shape index (κ3) is 2.99. The fourth-order valence-electron chi connectivity index (χ4n) is 3.60. The highest BCUT2D eigenvalue weighted by molar-refractivity contribution is 5.40. The molecule has 0 saturated carbocycles. The van der Waals surface area contributed by atoms with Gasteiger partial charge in [-0.15, -0.1) is 0 Å². The Bertz CT molecular complexity index is 460. The van der Waals surface area contributed by atoms with Crippen molar-refractivity contribution in [2.75, 3.05) is 19.7 Å². The van der Waals surface area contributed by atoms with Crippen LogP contribution in [0.1, 0.15) is 36.8 Å². The highest BCUT2D eigenvalue weighted by Crippen LogP contribution is 2.31. The summed E-state index contributed by atoms with van der Waals surface area (Å²) in [6, 6.07) is 7.14. The van der Waals surface area contributed by atoms with Gasteiger partial charge < -0.3 is 9.84 Å². The van der Waals surface area contributed by atoms with Crippen LogP contribution in [0, 0.1) is 6.92 Å². The molecule has 2 heterocycles. The highest BCUT2D eigenvalue weighted by atomic mass is 16.5. The summed E-state index contributed by atoms with van der Waals surface area (Å²) in [7, 11) is 0. The van der Waals surface area contributed by atoms with Gasteiger partial charge in [0.1, 0.15) is 11.9 Å². The van der Waals surface area contributed by atoms with Crippen LogP contribution < -0.4 is 4.74 Å². The number of aliphatic hydroxyl groups excluding tert-OH is 1. The van der Waals surface area contributed by atoms with Crippen LogP contribution in [0.15, 0.2) is 18.2 Å². The lowest BCUT2D eigenvalue weighted by Gasteiger charge is -2.26. The molecule has 0 aromatic heterocycles. The summed E-state index contributed by atoms with van der Waals surface area (Å²) in [4.78, 5) is 2.57. The second-order valence-electron chi connectivity index (χ2n) is 6.21. The Morgan fingerprint density at radius 3 is 3.15 bits per heavy atom. The summed E-state index contributed by atoms with van der Waals surface area (Å²) in [5.41, 5.74) is 2.68. The van der Waals surface area contributed by atoms with E-state index in [1.165, 1.54) is 30.5 Å². The number of aliphatic hydroxyl groups is 1. The molecule has 2 atom stereocenters. The minimum Gasteiger partial charge on any atom is -0.488 e. The van der Waals surface area contributed by atoms with E-state index in [0.29, 0.717) is 18.8 Å². The minimum absolute atomic E-state index is 0.307. The molecule has 3 nitrogen and oxygen atoms in total. The Morgan fingerprint density at radius 1 is 1.40 bits per heavy atom. The fourth-order valence-corrected chi connectivity index (χ4v) is 3.60. The third-order valence-corrected chi connectivity index (χ3v) is 4.59. The van der Waals surface area contributed by atoms with Crippen molar-refractivity contribution in [3.8, 4) is 5.75 Å². The van der Waals surface area contributed by atoms with Gasteiger partial charge in [-0.3, -0.25) is 4.90 Å². The molecule has 1 fully saturated rings. The Kier molecular flexibility index (Phi) is 4.27. The molecule has 2 unspecified atom stereocenters. The van der Waals surface area contributed by atoms with E-state index in [-0.39, 0.29) is 0 Å². The Hall–Kier alpha value is -1.06. The molecule has 20 heavy (non-hydrogen) atoms. The zero-order valence-electron chi connectivity index (χ0n) is 12.3. The summed E-state index contributed by atoms with van der Waals surface area (Å²) in [6.45, 7) is 4.67. The van der Waals surface area contributed by atoms with Crippen molar-refractivity contribution < 1.29 is 9.84 Å². The van der Waals surface area contributed by atoms with Crippen molar-refractivity contribution in [3.05, 3.63) is 29.3 Å². The molecule has 1 aromatic carbocycles. The lowest BCUT2D eigenvalue weighted by atomic mass is 10.1. The van der Waals surface area contributed by atoms with Crippen LogP contribution in [-0.2, 0) is 6.42 Å². The molecular weight excluding hydrogens is 250 g/mol. The Morgan fingerprint density at radius 2 is 2.30 bits per heavy atom. The SMILES string of the molecule is Cc1ccc2c(c1)CC(CN1CCCC1CCCO)O2. The average Bonchev–Trinajstić information content (AvgIpc) is 3.02. The average molecular weight is 275 g/mol. The lowest BCUT2D eigenvalue weighted by molar-refractivity contribution is 0.134. The van der Waals surface area contributed by atoms with Crippen LogP contribution in [0.25, 0.3) is 0 Å². The van der Waals surface area contributed by atoms with Crippen molar-refractivity contribution in [2.45, 2.75) is 51.2 Å². The molecule has 1 saturated heterocycles. The molecule has 0 amide bonds. The molecule has 3 rings (SSSR count). The predicted molar refractivity (Wildman–Crippen MR) is 80.2 cm³/mol. The van der Waals surface area contributed by atoms with Crippen molar-refractivity contribution >= 4 is 0 Å². The first-order valence-electron chi connectivity index (χ1n) is 7.87. The van der Waals surface area contributed by atoms with E-state index in [1.54, 1.807) is 0 Å². The highest BCUT2D eigenvalue weighted by Gasteiger charge is 2.30. The van der Waals surface area contributed by atoms with E-state index in [0.717, 1.165) is 31.6 Å². The zero-order chi connectivity index (χ0) is 13.9. The van der Waals surface area contributed by atoms with Crippen LogP contribution in [-0.4, -0.2) is 41.8 Å². The van der Waals surface area contributed by atoms with Crippen LogP contribution >= 0.6 is 0 Å². The van der Waals surface area contributed by atoms with Gasteiger partial charge in [-0.25, -0.2) is 0 Å². The number of hydrogen-bond donors (Lipinski definition) is 1. The van der Waals surface area contributed by atoms with Crippen LogP contribution in [0.3, 0.4) is 0 Å². The largest absolute Gasteiger partial charge is 0.488 e. The van der Waals surface area contributed by atoms with Gasteiger partial charge in [-0.05, 0) is 50.8 Å². The maximum Gasteiger partial charge on any atom is 0.123 e. The number of nitrogens with zero attached hydrogens (tertiary/aromatic N) is 1. The fraction of sp³-hybridized carbons (Fsp3) is 0.647. The topological polar surface area (TPSA) is 32.7 Å². The number of likely N-dealkylation sites (tertiary alicyclic amines) is 1. The van der Waals surface area contributed by atoms with E-state index in [2.05, 4.69) is 30.0 Å². The van der Waals surface area contributed by atoms with E-state index < -0.39 is 0 Å². The van der Waals surface area contributed by atoms with Gasteiger partial charge in [-0.2, -0.15) is 0 Å². The van der Waals surface area contributed by atoms with E-state index in [4.69, 9.17) is 9.84 Å². The molecule has 0 bridgehead atoms. The molecule has 1 aromatic rings. The van der Waals surface area contributed by atoms with Gasteiger partial charge >= 0.3 is 0 Å². The molecular formula is C17H25NO2. The second kappa shape index (κ2) is 6.15. The van der Waals surface area contributed by atoms with Crippen LogP contribution in [0.5, 0.6) is 5.75 Å². The monoisotopic (exact) mass is 275 g/mol. The Labute approximate surface area is 121 Å². The number of ether oxygens (including phenoxy) is 1. The molecule has 2 aliphatic rings. The number of rotatable bonds is 5. The van der Waals surface area contributed by atoms with Crippen LogP contribution in [0.4, 0.5) is 0 Å². The van der Waals surface area contributed by atoms with E-state index >= 15 is 0 Å². The molecule has 1 N–H and O–H groups in total. The van der Waals surface area contributed by atoms with Crippen LogP contribution in [0.2, 0.25) is 0 Å². The summed E-state index contributed by atoms with van der Waals surface area (Å²) < 4.78 is 6.09. The van der Waals surface area contributed by atoms with Gasteiger partial charge in [0.15, 0.2) is 0 Å². The molecule has 0 spiro atoms. The van der Waals surface area contributed by atoms with Gasteiger partial charge in [0, 0.05) is 25.6 Å². The zero-order valence-corrected chi connectivity index (χ0v) is 12.3. The summed E-state index contributed by atoms with van der Waals surface area (Å²) in [6.07, 6.45) is 5.96. The van der Waals surface area contributed by atoms with Crippen molar-refractivity contribution in [2.24, 2.45) is 0 Å². The number of fused-ring (bicyclic) bond motifs is 1. The molecule has 110 valence electrons. The van der Waals surface area contributed by atoms with Crippen molar-refractivity contribution in [1.29, 1.82) is 0 Å². The molecule has 3 heteroatoms. The van der Waals surface area contributed by atoms with Gasteiger partial charge in [-0.1, -0.05) is 17.7 Å². The smallest absolute Gasteiger partial charge is 0.123 e. The molecule has 0 aliphatic carbocycles. The number of benzene rings is 1. The quantitative estimate of drug-likeness (QED) is 0.896. The van der Waals surface area contributed by atoms with E-state index in [1.807, 2.05) is 0 Å². The number of aryl methyl sites for hydroxylation is 1. The molecule has 0 radical (unpaired) electrons. The maximum atomic E-state index is 9.00. The minimum atomic E-state index is 0.307. The first kappa shape index (κ1) is 13.9. The van der Waals surface area contributed by atoms with Gasteiger partial charge in [0.05, 0.1) is 0 Å². The second-order valence-corrected chi connectivity index (χ2v) is 6.21. The summed E-state index contributed by atoms with van der Waals surface area (Å²) in [5.74, 6) is 1.08. The first-order valence-corrected chi connectivity index (χ1v) is 7.87. The number of hydrogen-bond acceptors (Lipinski definition) is 3. The third-order valence-electron chi connectivity index (χ3n) is 4.59. The van der Waals surface area contributed by atoms with Gasteiger partial charge in [0.2, 0.25) is 0 Å². The lowest BCUT2D eigenvalue weighted by Crippen LogP contribution is -2.38. The first-order chi connectivity index (χ1) is 9.76. The standard InChI is InChI=1S/C17H25NO2/c1-13-6-7-17-14(10-13)11-16(20-17)12-18-8-2-4-15(18)5-3-9-19/h6-7,10,15-16,19H,2-5,8-9,11-12H2,1H3. The van der Waals surface area contributed by atoms with E-state index in [9.17, 15) is 0 Å². The van der Waals surface area contributed by atoms with Crippen molar-refractivity contribution in [1.82, 2.24) is 4.90 Å². The van der Waals surface area contributed by atoms with Crippen molar-refractivity contribution in [3.63, 3.8) is 0 Å². The summed E-state index contributed by atoms with van der Waals surface area (Å²) >= 11 is 0. The maximum absolute atomic E-state index is 9.00. The molecule has 2 aliphatic heterocycles. The normalized spacial score (nSPS) is 25.7.